The van der Waals surface area contributed by atoms with Crippen LogP contribution in [0.4, 0.5) is 0 Å². The monoisotopic (exact) mass is 525 g/mol. The second-order valence-corrected chi connectivity index (χ2v) is 10.5. The van der Waals surface area contributed by atoms with Crippen LogP contribution < -0.4 is 0 Å². The second-order valence-electron chi connectivity index (χ2n) is 10.5. The van der Waals surface area contributed by atoms with Gasteiger partial charge in [0.2, 0.25) is 11.8 Å². The van der Waals surface area contributed by atoms with Crippen LogP contribution >= 0.6 is 0 Å². The molecule has 5 rings (SSSR count). The molecule has 3 fully saturated rings. The third kappa shape index (κ3) is 3.99. The summed E-state index contributed by atoms with van der Waals surface area (Å²) in [6.45, 7) is 8.20. The molecule has 204 valence electrons. The summed E-state index contributed by atoms with van der Waals surface area (Å²) >= 11 is 0. The van der Waals surface area contributed by atoms with Crippen molar-refractivity contribution in [2.75, 3.05) is 26.3 Å². The minimum Gasteiger partial charge on any atom is -0.466 e. The number of likely N-dealkylation sites (tertiary alicyclic amines) is 1. The largest absolute Gasteiger partial charge is 0.466 e. The van der Waals surface area contributed by atoms with Crippen LogP contribution in [0.5, 0.6) is 0 Å². The number of aliphatic hydroxyl groups is 1. The summed E-state index contributed by atoms with van der Waals surface area (Å²) in [6, 6.07) is 6.56. The molecule has 0 saturated carbocycles. The molecule has 2 aromatic rings. The number of benzene rings is 1. The van der Waals surface area contributed by atoms with Gasteiger partial charge in [-0.3, -0.25) is 14.4 Å². The Balaban J connectivity index is 1.52. The van der Waals surface area contributed by atoms with Gasteiger partial charge in [0.15, 0.2) is 0 Å². The lowest BCUT2D eigenvalue weighted by atomic mass is 9.66. The Labute approximate surface area is 221 Å². The molecule has 1 aromatic heterocycles. The summed E-state index contributed by atoms with van der Waals surface area (Å²) < 4.78 is 13.6. The molecule has 3 aliphatic rings. The summed E-state index contributed by atoms with van der Waals surface area (Å²) in [5.41, 5.74) is -0.528. The Bertz CT molecular complexity index is 1250. The standard InChI is InChI=1S/C27H35N5O6/c1-4-14-30(17-32-19-11-7-6-10-18(19)28-29-32)24(35)22-27-13-12-26(3,38-27)21(25(36)37-5-2)20(27)23(34)31(22)15-8-9-16-33/h4,6-7,10-11,20-22,33H,1,5,8-9,12-17H2,2-3H3/t20-,21+,22?,26-,27?/m0/s1. The van der Waals surface area contributed by atoms with Crippen molar-refractivity contribution in [3.63, 3.8) is 0 Å². The summed E-state index contributed by atoms with van der Waals surface area (Å²) in [5.74, 6) is -2.61. The van der Waals surface area contributed by atoms with Crippen LogP contribution in [-0.2, 0) is 30.5 Å². The Morgan fingerprint density at radius 1 is 1.32 bits per heavy atom. The number of aliphatic hydroxyl groups excluding tert-OH is 1. The highest BCUT2D eigenvalue weighted by Gasteiger charge is 2.78. The number of amides is 2. The third-order valence-corrected chi connectivity index (χ3v) is 8.24. The van der Waals surface area contributed by atoms with E-state index in [1.165, 1.54) is 0 Å². The number of hydrogen-bond donors (Lipinski definition) is 1. The molecule has 38 heavy (non-hydrogen) atoms. The highest BCUT2D eigenvalue weighted by molar-refractivity contribution is 5.98. The summed E-state index contributed by atoms with van der Waals surface area (Å²) in [4.78, 5) is 44.6. The fourth-order valence-corrected chi connectivity index (χ4v) is 6.66. The summed E-state index contributed by atoms with van der Waals surface area (Å²) in [7, 11) is 0. The van der Waals surface area contributed by atoms with Gasteiger partial charge in [0.05, 0.1) is 23.6 Å². The predicted molar refractivity (Wildman–Crippen MR) is 136 cm³/mol. The molecule has 1 aromatic carbocycles. The van der Waals surface area contributed by atoms with E-state index < -0.39 is 35.0 Å². The number of unbranched alkanes of at least 4 members (excludes halogenated alkanes) is 1. The van der Waals surface area contributed by atoms with Crippen LogP contribution in [0.25, 0.3) is 11.0 Å². The fourth-order valence-electron chi connectivity index (χ4n) is 6.66. The number of nitrogens with zero attached hydrogens (tertiary/aromatic N) is 5. The lowest BCUT2D eigenvalue weighted by Crippen LogP contribution is -2.56. The van der Waals surface area contributed by atoms with Crippen molar-refractivity contribution < 1.29 is 29.0 Å². The molecule has 0 radical (unpaired) electrons. The highest BCUT2D eigenvalue weighted by atomic mass is 16.6. The second kappa shape index (κ2) is 10.1. The van der Waals surface area contributed by atoms with Gasteiger partial charge in [-0.25, -0.2) is 4.68 Å². The van der Waals surface area contributed by atoms with E-state index in [2.05, 4.69) is 16.9 Å². The molecule has 11 nitrogen and oxygen atoms in total. The highest BCUT2D eigenvalue weighted by Crippen LogP contribution is 2.63. The van der Waals surface area contributed by atoms with E-state index in [9.17, 15) is 19.5 Å². The molecule has 2 unspecified atom stereocenters. The first-order valence-corrected chi connectivity index (χ1v) is 13.3. The van der Waals surface area contributed by atoms with E-state index in [0.29, 0.717) is 31.2 Å². The van der Waals surface area contributed by atoms with Gasteiger partial charge in [0.25, 0.3) is 0 Å². The van der Waals surface area contributed by atoms with Gasteiger partial charge >= 0.3 is 5.97 Å². The Kier molecular flexibility index (Phi) is 6.99. The van der Waals surface area contributed by atoms with Crippen LogP contribution in [0.15, 0.2) is 36.9 Å². The van der Waals surface area contributed by atoms with Crippen molar-refractivity contribution in [2.45, 2.75) is 63.4 Å². The van der Waals surface area contributed by atoms with E-state index >= 15 is 0 Å². The first kappa shape index (κ1) is 26.3. The molecule has 3 saturated heterocycles. The zero-order chi connectivity index (χ0) is 27.1. The number of carbonyl (C=O) groups excluding carboxylic acids is 3. The zero-order valence-electron chi connectivity index (χ0n) is 21.9. The number of esters is 1. The molecule has 3 aliphatic heterocycles. The van der Waals surface area contributed by atoms with E-state index in [1.54, 1.807) is 27.5 Å². The Hall–Kier alpha value is -3.31. The van der Waals surface area contributed by atoms with Crippen molar-refractivity contribution in [1.29, 1.82) is 0 Å². The molecule has 1 N–H and O–H groups in total. The maximum Gasteiger partial charge on any atom is 0.312 e. The van der Waals surface area contributed by atoms with Crippen LogP contribution in [0.2, 0.25) is 0 Å². The number of carbonyl (C=O) groups is 3. The van der Waals surface area contributed by atoms with Gasteiger partial charge in [-0.1, -0.05) is 23.4 Å². The summed E-state index contributed by atoms with van der Waals surface area (Å²) in [5, 5.41) is 17.8. The fraction of sp³-hybridized carbons (Fsp3) is 0.593. The van der Waals surface area contributed by atoms with Gasteiger partial charge < -0.3 is 24.4 Å². The minimum absolute atomic E-state index is 0.0167. The van der Waals surface area contributed by atoms with Crippen molar-refractivity contribution in [3.8, 4) is 0 Å². The van der Waals surface area contributed by atoms with Crippen molar-refractivity contribution in [2.24, 2.45) is 11.8 Å². The van der Waals surface area contributed by atoms with Gasteiger partial charge in [0, 0.05) is 19.7 Å². The maximum atomic E-state index is 14.4. The van der Waals surface area contributed by atoms with Gasteiger partial charge in [0.1, 0.15) is 29.7 Å². The maximum absolute atomic E-state index is 14.4. The Morgan fingerprint density at radius 3 is 2.84 bits per heavy atom. The lowest BCUT2D eigenvalue weighted by Gasteiger charge is -2.36. The molecule has 11 heteroatoms. The van der Waals surface area contributed by atoms with E-state index in [4.69, 9.17) is 9.47 Å². The Morgan fingerprint density at radius 2 is 2.11 bits per heavy atom. The zero-order valence-corrected chi connectivity index (χ0v) is 21.9. The molecular formula is C27H35N5O6. The molecule has 2 amide bonds. The molecular weight excluding hydrogens is 490 g/mol. The third-order valence-electron chi connectivity index (χ3n) is 8.24. The number of para-hydroxylation sites is 1. The number of ether oxygens (including phenoxy) is 2. The average Bonchev–Trinajstić information content (AvgIpc) is 3.60. The summed E-state index contributed by atoms with van der Waals surface area (Å²) in [6.07, 6.45) is 3.67. The van der Waals surface area contributed by atoms with Crippen LogP contribution in [-0.4, -0.2) is 91.2 Å². The molecule has 1 spiro atoms. The van der Waals surface area contributed by atoms with Gasteiger partial charge in [-0.15, -0.1) is 11.7 Å². The van der Waals surface area contributed by atoms with Crippen LogP contribution in [0.1, 0.15) is 39.5 Å². The van der Waals surface area contributed by atoms with Crippen LogP contribution in [0, 0.1) is 11.8 Å². The predicted octanol–water partition coefficient (Wildman–Crippen LogP) is 1.50. The number of rotatable bonds is 11. The number of fused-ring (bicyclic) bond motifs is 2. The first-order chi connectivity index (χ1) is 18.3. The average molecular weight is 526 g/mol. The smallest absolute Gasteiger partial charge is 0.312 e. The molecule has 5 atom stereocenters. The molecule has 2 bridgehead atoms. The van der Waals surface area contributed by atoms with Crippen LogP contribution in [0.3, 0.4) is 0 Å². The topological polar surface area (TPSA) is 127 Å². The quantitative estimate of drug-likeness (QED) is 0.266. The van der Waals surface area contributed by atoms with Gasteiger partial charge in [-0.2, -0.15) is 0 Å². The first-order valence-electron chi connectivity index (χ1n) is 13.3. The SMILES string of the molecule is C=CCN(Cn1nnc2ccccc21)C(=O)C1N(CCCCO)C(=O)[C@@H]2[C@H](C(=O)OCC)[C@]3(C)CCC12O3. The molecule has 0 aliphatic carbocycles. The lowest BCUT2D eigenvalue weighted by molar-refractivity contribution is -0.160. The number of hydrogen-bond acceptors (Lipinski definition) is 8. The molecule has 4 heterocycles. The van der Waals surface area contributed by atoms with Crippen molar-refractivity contribution in [3.05, 3.63) is 36.9 Å². The minimum atomic E-state index is -1.14. The van der Waals surface area contributed by atoms with E-state index in [-0.39, 0.29) is 44.8 Å². The van der Waals surface area contributed by atoms with E-state index in [0.717, 1.165) is 5.52 Å². The normalized spacial score (nSPS) is 29.6. The van der Waals surface area contributed by atoms with E-state index in [1.807, 2.05) is 31.2 Å². The van der Waals surface area contributed by atoms with Gasteiger partial charge in [-0.05, 0) is 51.7 Å². The number of aromatic nitrogens is 3. The van der Waals surface area contributed by atoms with Crippen molar-refractivity contribution >= 4 is 28.8 Å². The van der Waals surface area contributed by atoms with Crippen molar-refractivity contribution in [1.82, 2.24) is 24.8 Å².